The molecule has 0 spiro atoms. The molecule has 0 radical (unpaired) electrons. The quantitative estimate of drug-likeness (QED) is 0.581. The largest absolute Gasteiger partial charge is 0.354 e. The highest BCUT2D eigenvalue weighted by atomic mass is 15.1. The van der Waals surface area contributed by atoms with Crippen molar-refractivity contribution in [1.29, 1.82) is 0 Å². The van der Waals surface area contributed by atoms with Crippen LogP contribution in [0, 0.1) is 0 Å². The topological polar surface area (TPSA) is 3.24 Å². The fourth-order valence-electron chi connectivity index (χ4n) is 0.848. The molecule has 0 saturated heterocycles. The van der Waals surface area contributed by atoms with E-state index in [0.717, 1.165) is 17.7 Å². The molecule has 1 heteroatoms. The van der Waals surface area contributed by atoms with E-state index in [1.165, 1.54) is 0 Å². The molecule has 13 heavy (non-hydrogen) atoms. The first-order valence-corrected chi connectivity index (χ1v) is 4.51. The summed E-state index contributed by atoms with van der Waals surface area (Å²) in [5.41, 5.74) is 2.32. The maximum absolute atomic E-state index is 3.71. The fourth-order valence-corrected chi connectivity index (χ4v) is 0.848. The van der Waals surface area contributed by atoms with Gasteiger partial charge in [-0.05, 0) is 31.9 Å². The fraction of sp³-hybridized carbons (Fsp3) is 0.333. The maximum Gasteiger partial charge on any atom is 0.0191 e. The second kappa shape index (κ2) is 6.30. The highest BCUT2D eigenvalue weighted by Crippen LogP contribution is 2.02. The van der Waals surface area contributed by atoms with Crippen LogP contribution in [-0.2, 0) is 0 Å². The van der Waals surface area contributed by atoms with Crippen molar-refractivity contribution in [1.82, 2.24) is 4.90 Å². The summed E-state index contributed by atoms with van der Waals surface area (Å²) in [6, 6.07) is 0. The van der Waals surface area contributed by atoms with Crippen LogP contribution >= 0.6 is 0 Å². The molecular formula is C12H19N. The third-order valence-corrected chi connectivity index (χ3v) is 1.75. The van der Waals surface area contributed by atoms with Gasteiger partial charge in [-0.25, -0.2) is 0 Å². The molecule has 0 aromatic heterocycles. The number of allylic oxidation sites excluding steroid dienone is 4. The lowest BCUT2D eigenvalue weighted by molar-refractivity contribution is 0.530. The van der Waals surface area contributed by atoms with E-state index in [9.17, 15) is 0 Å². The normalized spacial score (nSPS) is 12.5. The van der Waals surface area contributed by atoms with Crippen LogP contribution < -0.4 is 0 Å². The maximum atomic E-state index is 3.71. The summed E-state index contributed by atoms with van der Waals surface area (Å²) in [7, 11) is 0. The molecule has 0 unspecified atom stereocenters. The Morgan fingerprint density at radius 1 is 1.08 bits per heavy atom. The smallest absolute Gasteiger partial charge is 0.0191 e. The van der Waals surface area contributed by atoms with E-state index < -0.39 is 0 Å². The van der Waals surface area contributed by atoms with E-state index in [1.54, 1.807) is 0 Å². The number of hydrogen-bond donors (Lipinski definition) is 0. The summed E-state index contributed by atoms with van der Waals surface area (Å²) in [6.07, 6.45) is 7.83. The van der Waals surface area contributed by atoms with Crippen LogP contribution in [0.2, 0.25) is 0 Å². The molecule has 0 fully saturated rings. The van der Waals surface area contributed by atoms with Gasteiger partial charge in [0.1, 0.15) is 0 Å². The lowest BCUT2D eigenvalue weighted by Crippen LogP contribution is -2.09. The van der Waals surface area contributed by atoms with Crippen molar-refractivity contribution >= 4 is 0 Å². The van der Waals surface area contributed by atoms with Crippen LogP contribution in [0.25, 0.3) is 0 Å². The van der Waals surface area contributed by atoms with Gasteiger partial charge in [-0.3, -0.25) is 0 Å². The van der Waals surface area contributed by atoms with Crippen molar-refractivity contribution in [2.45, 2.75) is 20.8 Å². The summed E-state index contributed by atoms with van der Waals surface area (Å²) in [5.74, 6) is 0. The molecular weight excluding hydrogens is 158 g/mol. The number of hydrogen-bond acceptors (Lipinski definition) is 1. The zero-order valence-corrected chi connectivity index (χ0v) is 8.88. The van der Waals surface area contributed by atoms with Gasteiger partial charge in [0.05, 0.1) is 0 Å². The van der Waals surface area contributed by atoms with Crippen molar-refractivity contribution in [2.24, 2.45) is 0 Å². The van der Waals surface area contributed by atoms with Gasteiger partial charge in [0.2, 0.25) is 0 Å². The number of rotatable bonds is 5. The van der Waals surface area contributed by atoms with E-state index in [2.05, 4.69) is 37.4 Å². The third-order valence-electron chi connectivity index (χ3n) is 1.75. The van der Waals surface area contributed by atoms with Gasteiger partial charge in [0.15, 0.2) is 0 Å². The molecule has 0 saturated carbocycles. The molecule has 0 N–H and O–H groups in total. The van der Waals surface area contributed by atoms with Gasteiger partial charge in [0.25, 0.3) is 0 Å². The Morgan fingerprint density at radius 3 is 1.69 bits per heavy atom. The first kappa shape index (κ1) is 11.8. The lowest BCUT2D eigenvalue weighted by atomic mass is 10.3. The van der Waals surface area contributed by atoms with Crippen LogP contribution in [0.5, 0.6) is 0 Å². The van der Waals surface area contributed by atoms with Crippen LogP contribution in [0.3, 0.4) is 0 Å². The molecule has 0 aliphatic heterocycles. The van der Waals surface area contributed by atoms with E-state index in [4.69, 9.17) is 0 Å². The second-order valence-electron chi connectivity index (χ2n) is 2.98. The van der Waals surface area contributed by atoms with Crippen molar-refractivity contribution in [2.75, 3.05) is 6.54 Å². The molecule has 0 aromatic carbocycles. The minimum Gasteiger partial charge on any atom is -0.354 e. The molecule has 1 nitrogen and oxygen atoms in total. The first-order valence-electron chi connectivity index (χ1n) is 4.51. The number of nitrogens with zero attached hydrogens (tertiary/aromatic N) is 1. The average molecular weight is 177 g/mol. The van der Waals surface area contributed by atoms with Crippen LogP contribution in [0.15, 0.2) is 48.9 Å². The summed E-state index contributed by atoms with van der Waals surface area (Å²) in [6.45, 7) is 14.6. The Morgan fingerprint density at radius 2 is 1.46 bits per heavy atom. The monoisotopic (exact) mass is 177 g/mol. The predicted octanol–water partition coefficient (Wildman–Crippen LogP) is 3.49. The minimum atomic E-state index is 0.955. The Hall–Kier alpha value is -1.24. The van der Waals surface area contributed by atoms with Crippen LogP contribution in [0.4, 0.5) is 0 Å². The van der Waals surface area contributed by atoms with Crippen molar-refractivity contribution in [3.05, 3.63) is 48.9 Å². The molecule has 0 heterocycles. The predicted molar refractivity (Wildman–Crippen MR) is 60.3 cm³/mol. The molecule has 0 aromatic rings. The molecule has 0 amide bonds. The summed E-state index contributed by atoms with van der Waals surface area (Å²) >= 11 is 0. The SMILES string of the molecule is C=C/C(C)=C/N(/C=C(\C)C=C)CC. The summed E-state index contributed by atoms with van der Waals surface area (Å²) in [5, 5.41) is 0. The van der Waals surface area contributed by atoms with Gasteiger partial charge in [-0.2, -0.15) is 0 Å². The molecule has 0 rings (SSSR count). The van der Waals surface area contributed by atoms with Gasteiger partial charge >= 0.3 is 0 Å². The van der Waals surface area contributed by atoms with E-state index in [0.29, 0.717) is 0 Å². The van der Waals surface area contributed by atoms with E-state index in [1.807, 2.05) is 26.0 Å². The van der Waals surface area contributed by atoms with Gasteiger partial charge in [-0.1, -0.05) is 25.3 Å². The highest BCUT2D eigenvalue weighted by molar-refractivity contribution is 5.17. The van der Waals surface area contributed by atoms with Crippen LogP contribution in [-0.4, -0.2) is 11.4 Å². The Bertz CT molecular complexity index is 210. The van der Waals surface area contributed by atoms with E-state index in [-0.39, 0.29) is 0 Å². The average Bonchev–Trinajstić information content (AvgIpc) is 2.16. The molecule has 72 valence electrons. The Balaban J connectivity index is 4.52. The van der Waals surface area contributed by atoms with Crippen molar-refractivity contribution in [3.63, 3.8) is 0 Å². The zero-order valence-electron chi connectivity index (χ0n) is 8.88. The minimum absolute atomic E-state index is 0.955. The van der Waals surface area contributed by atoms with Crippen LogP contribution in [0.1, 0.15) is 20.8 Å². The van der Waals surface area contributed by atoms with E-state index >= 15 is 0 Å². The van der Waals surface area contributed by atoms with Gasteiger partial charge < -0.3 is 4.90 Å². The summed E-state index contributed by atoms with van der Waals surface area (Å²) in [4.78, 5) is 2.12. The molecule has 0 atom stereocenters. The summed E-state index contributed by atoms with van der Waals surface area (Å²) < 4.78 is 0. The third kappa shape index (κ3) is 5.07. The molecule has 0 aliphatic rings. The first-order chi connectivity index (χ1) is 6.13. The standard InChI is InChI=1S/C12H19N/c1-6-11(4)9-13(8-3)10-12(5)7-2/h6-7,9-10H,1-2,8H2,3-5H3/b11-9+,12-10+. The Labute approximate surface area is 81.8 Å². The van der Waals surface area contributed by atoms with Crippen molar-refractivity contribution < 1.29 is 0 Å². The molecule has 0 aliphatic carbocycles. The highest BCUT2D eigenvalue weighted by Gasteiger charge is 1.91. The van der Waals surface area contributed by atoms with Gasteiger partial charge in [-0.15, -0.1) is 0 Å². The zero-order chi connectivity index (χ0) is 10.3. The Kier molecular flexibility index (Phi) is 5.69. The molecule has 0 bridgehead atoms. The van der Waals surface area contributed by atoms with Crippen molar-refractivity contribution in [3.8, 4) is 0 Å². The second-order valence-corrected chi connectivity index (χ2v) is 2.98. The van der Waals surface area contributed by atoms with Gasteiger partial charge in [0, 0.05) is 18.9 Å². The lowest BCUT2D eigenvalue weighted by Gasteiger charge is -2.14.